The quantitative estimate of drug-likeness (QED) is 0.630. The minimum atomic E-state index is -0.379. The van der Waals surface area contributed by atoms with Crippen LogP contribution in [0.15, 0.2) is 42.5 Å². The zero-order valence-corrected chi connectivity index (χ0v) is 15.4. The lowest BCUT2D eigenvalue weighted by molar-refractivity contribution is 0.0953. The Morgan fingerprint density at radius 1 is 1.22 bits per heavy atom. The first-order chi connectivity index (χ1) is 13.1. The van der Waals surface area contributed by atoms with Crippen LogP contribution in [0.2, 0.25) is 0 Å². The number of nitriles is 1. The first kappa shape index (κ1) is 20.4. The summed E-state index contributed by atoms with van der Waals surface area (Å²) in [5.74, 6) is 0.112. The molecule has 0 fully saturated rings. The number of hydrogen-bond acceptors (Lipinski definition) is 4. The minimum Gasteiger partial charge on any atom is -0.494 e. The molecule has 0 aliphatic rings. The summed E-state index contributed by atoms with van der Waals surface area (Å²) in [7, 11) is 0. The van der Waals surface area contributed by atoms with Gasteiger partial charge in [0.05, 0.1) is 12.7 Å². The van der Waals surface area contributed by atoms with E-state index in [9.17, 15) is 9.18 Å². The maximum absolute atomic E-state index is 13.5. The molecule has 142 valence electrons. The van der Waals surface area contributed by atoms with Crippen LogP contribution in [0.3, 0.4) is 0 Å². The molecule has 0 atom stereocenters. The molecular weight excluding hydrogens is 345 g/mol. The van der Waals surface area contributed by atoms with Crippen molar-refractivity contribution in [1.29, 1.82) is 5.26 Å². The van der Waals surface area contributed by atoms with Crippen LogP contribution in [0.25, 0.3) is 0 Å². The SMILES string of the molecule is Cc1ccc(C(=O)NCCNCc2cccc(OCCCC#N)c2)cc1F. The fourth-order valence-electron chi connectivity index (χ4n) is 2.42. The second-order valence-electron chi connectivity index (χ2n) is 6.15. The van der Waals surface area contributed by atoms with Crippen LogP contribution in [0, 0.1) is 24.1 Å². The van der Waals surface area contributed by atoms with E-state index in [1.807, 2.05) is 24.3 Å². The first-order valence-electron chi connectivity index (χ1n) is 8.94. The molecule has 2 N–H and O–H groups in total. The third-order valence-electron chi connectivity index (χ3n) is 3.95. The molecule has 0 saturated carbocycles. The molecule has 0 unspecified atom stereocenters. The van der Waals surface area contributed by atoms with Crippen molar-refractivity contribution >= 4 is 5.91 Å². The van der Waals surface area contributed by atoms with Crippen LogP contribution in [0.5, 0.6) is 5.75 Å². The highest BCUT2D eigenvalue weighted by atomic mass is 19.1. The average molecular weight is 369 g/mol. The van der Waals surface area contributed by atoms with Crippen molar-refractivity contribution in [2.45, 2.75) is 26.3 Å². The molecule has 5 nitrogen and oxygen atoms in total. The van der Waals surface area contributed by atoms with E-state index in [-0.39, 0.29) is 11.7 Å². The highest BCUT2D eigenvalue weighted by Crippen LogP contribution is 2.13. The van der Waals surface area contributed by atoms with Gasteiger partial charge in [-0.15, -0.1) is 0 Å². The summed E-state index contributed by atoms with van der Waals surface area (Å²) in [6.45, 7) is 3.86. The van der Waals surface area contributed by atoms with Gasteiger partial charge in [0.25, 0.3) is 5.91 Å². The molecule has 6 heteroatoms. The van der Waals surface area contributed by atoms with Crippen LogP contribution in [-0.2, 0) is 6.54 Å². The summed E-state index contributed by atoms with van der Waals surface area (Å²) in [5.41, 5.74) is 1.91. The third kappa shape index (κ3) is 7.08. The van der Waals surface area contributed by atoms with Gasteiger partial charge in [-0.25, -0.2) is 4.39 Å². The predicted octanol–water partition coefficient (Wildman–Crippen LogP) is 3.34. The van der Waals surface area contributed by atoms with Crippen LogP contribution in [0.4, 0.5) is 4.39 Å². The standard InChI is InChI=1S/C21H24FN3O2/c1-16-7-8-18(14-20(16)22)21(26)25-11-10-24-15-17-5-4-6-19(13-17)27-12-3-2-9-23/h4-8,13-14,24H,2-3,10-12,15H2,1H3,(H,25,26). The van der Waals surface area contributed by atoms with Crippen LogP contribution in [0.1, 0.15) is 34.3 Å². The summed E-state index contributed by atoms with van der Waals surface area (Å²) >= 11 is 0. The molecule has 0 spiro atoms. The van der Waals surface area contributed by atoms with Gasteiger partial charge >= 0.3 is 0 Å². The number of hydrogen-bond donors (Lipinski definition) is 2. The molecule has 0 bridgehead atoms. The summed E-state index contributed by atoms with van der Waals surface area (Å²) in [6, 6.07) is 14.3. The van der Waals surface area contributed by atoms with Crippen LogP contribution >= 0.6 is 0 Å². The predicted molar refractivity (Wildman–Crippen MR) is 102 cm³/mol. The van der Waals surface area contributed by atoms with Crippen molar-refractivity contribution in [2.75, 3.05) is 19.7 Å². The highest BCUT2D eigenvalue weighted by molar-refractivity contribution is 5.94. The molecule has 0 radical (unpaired) electrons. The fourth-order valence-corrected chi connectivity index (χ4v) is 2.42. The van der Waals surface area contributed by atoms with Gasteiger partial charge in [-0.1, -0.05) is 18.2 Å². The van der Waals surface area contributed by atoms with E-state index in [2.05, 4.69) is 16.7 Å². The number of nitrogens with zero attached hydrogens (tertiary/aromatic N) is 1. The number of carbonyl (C=O) groups is 1. The maximum atomic E-state index is 13.5. The van der Waals surface area contributed by atoms with E-state index in [4.69, 9.17) is 10.00 Å². The molecule has 0 aromatic heterocycles. The number of nitrogens with one attached hydrogen (secondary N) is 2. The van der Waals surface area contributed by atoms with E-state index in [1.54, 1.807) is 19.1 Å². The zero-order valence-electron chi connectivity index (χ0n) is 15.4. The molecule has 0 aliphatic heterocycles. The van der Waals surface area contributed by atoms with Crippen molar-refractivity contribution < 1.29 is 13.9 Å². The summed E-state index contributed by atoms with van der Waals surface area (Å²) < 4.78 is 19.1. The smallest absolute Gasteiger partial charge is 0.251 e. The third-order valence-corrected chi connectivity index (χ3v) is 3.95. The van der Waals surface area contributed by atoms with E-state index >= 15 is 0 Å². The molecule has 2 aromatic rings. The Balaban J connectivity index is 1.68. The zero-order chi connectivity index (χ0) is 19.5. The number of rotatable bonds is 10. The monoisotopic (exact) mass is 369 g/mol. The Hall–Kier alpha value is -2.91. The minimum absolute atomic E-state index is 0.288. The number of benzene rings is 2. The number of halogens is 1. The largest absolute Gasteiger partial charge is 0.494 e. The summed E-state index contributed by atoms with van der Waals surface area (Å²) in [5, 5.41) is 14.5. The topological polar surface area (TPSA) is 74.2 Å². The Bertz CT molecular complexity index is 802. The number of ether oxygens (including phenoxy) is 1. The van der Waals surface area contributed by atoms with Gasteiger partial charge < -0.3 is 15.4 Å². The van der Waals surface area contributed by atoms with Crippen molar-refractivity contribution in [3.63, 3.8) is 0 Å². The van der Waals surface area contributed by atoms with Crippen molar-refractivity contribution in [2.24, 2.45) is 0 Å². The maximum Gasteiger partial charge on any atom is 0.251 e. The molecule has 27 heavy (non-hydrogen) atoms. The van der Waals surface area contributed by atoms with E-state index < -0.39 is 0 Å². The highest BCUT2D eigenvalue weighted by Gasteiger charge is 2.07. The van der Waals surface area contributed by atoms with E-state index in [0.717, 1.165) is 11.3 Å². The molecule has 2 rings (SSSR count). The Kier molecular flexibility index (Phi) is 8.27. The van der Waals surface area contributed by atoms with Crippen LogP contribution < -0.4 is 15.4 Å². The van der Waals surface area contributed by atoms with Crippen molar-refractivity contribution in [3.8, 4) is 11.8 Å². The normalized spacial score (nSPS) is 10.3. The molecule has 2 aromatic carbocycles. The lowest BCUT2D eigenvalue weighted by Gasteiger charge is -2.09. The Labute approximate surface area is 159 Å². The number of amides is 1. The van der Waals surface area contributed by atoms with Gasteiger partial charge in [-0.05, 0) is 48.7 Å². The second kappa shape index (κ2) is 10.9. The van der Waals surface area contributed by atoms with Gasteiger partial charge in [-0.2, -0.15) is 5.26 Å². The molecule has 0 aliphatic carbocycles. The lowest BCUT2D eigenvalue weighted by atomic mass is 10.1. The lowest BCUT2D eigenvalue weighted by Crippen LogP contribution is -2.31. The summed E-state index contributed by atoms with van der Waals surface area (Å²) in [4.78, 5) is 12.0. The van der Waals surface area contributed by atoms with E-state index in [1.165, 1.54) is 6.07 Å². The first-order valence-corrected chi connectivity index (χ1v) is 8.94. The van der Waals surface area contributed by atoms with Gasteiger partial charge in [0.1, 0.15) is 11.6 Å². The Morgan fingerprint density at radius 2 is 2.07 bits per heavy atom. The number of carbonyl (C=O) groups excluding carboxylic acids is 1. The van der Waals surface area contributed by atoms with Gasteiger partial charge in [-0.3, -0.25) is 4.79 Å². The van der Waals surface area contributed by atoms with Crippen LogP contribution in [-0.4, -0.2) is 25.6 Å². The average Bonchev–Trinajstić information content (AvgIpc) is 2.67. The molecule has 0 heterocycles. The fraction of sp³-hybridized carbons (Fsp3) is 0.333. The van der Waals surface area contributed by atoms with Gasteiger partial charge in [0.2, 0.25) is 0 Å². The van der Waals surface area contributed by atoms with Crippen molar-refractivity contribution in [1.82, 2.24) is 10.6 Å². The summed E-state index contributed by atoms with van der Waals surface area (Å²) in [6.07, 6.45) is 1.20. The van der Waals surface area contributed by atoms with Gasteiger partial charge in [0.15, 0.2) is 0 Å². The van der Waals surface area contributed by atoms with Gasteiger partial charge in [0, 0.05) is 31.6 Å². The van der Waals surface area contributed by atoms with E-state index in [0.29, 0.717) is 50.2 Å². The molecule has 0 saturated heterocycles. The Morgan fingerprint density at radius 3 is 2.85 bits per heavy atom. The molecular formula is C21H24FN3O2. The van der Waals surface area contributed by atoms with Crippen molar-refractivity contribution in [3.05, 3.63) is 65.0 Å². The number of aryl methyl sites for hydroxylation is 1. The molecule has 1 amide bonds. The number of unbranched alkanes of at least 4 members (excludes halogenated alkanes) is 1. The second-order valence-corrected chi connectivity index (χ2v) is 6.15.